The van der Waals surface area contributed by atoms with E-state index in [4.69, 9.17) is 0 Å². The van der Waals surface area contributed by atoms with Crippen LogP contribution >= 0.6 is 0 Å². The number of hydrogen-bond donors (Lipinski definition) is 0. The number of piperidine rings is 1. The zero-order chi connectivity index (χ0) is 14.7. The molecule has 4 nitrogen and oxygen atoms in total. The number of nitrogens with zero attached hydrogens (tertiary/aromatic N) is 1. The molecule has 0 bridgehead atoms. The number of rotatable bonds is 3. The predicted molar refractivity (Wildman–Crippen MR) is 68.5 cm³/mol. The first-order valence-electron chi connectivity index (χ1n) is 6.10. The summed E-state index contributed by atoms with van der Waals surface area (Å²) in [5.41, 5.74) is 0. The van der Waals surface area contributed by atoms with Crippen LogP contribution in [-0.2, 0) is 20.4 Å². The van der Waals surface area contributed by atoms with Gasteiger partial charge < -0.3 is 4.90 Å². The van der Waals surface area contributed by atoms with Crippen LogP contribution < -0.4 is 0 Å². The molecule has 1 heterocycles. The Kier molecular flexibility index (Phi) is 4.59. The molecule has 1 aliphatic heterocycles. The normalized spacial score (nSPS) is 17.1. The second-order valence-corrected chi connectivity index (χ2v) is 5.94. The van der Waals surface area contributed by atoms with Crippen LogP contribution in [0.2, 0.25) is 0 Å². The average molecular weight is 301 g/mol. The summed E-state index contributed by atoms with van der Waals surface area (Å²) in [7, 11) is -1.73. The Hall–Kier alpha value is -1.63. The van der Waals surface area contributed by atoms with Crippen LogP contribution in [0.5, 0.6) is 0 Å². The Labute approximate surface area is 117 Å². The Morgan fingerprint density at radius 1 is 1.20 bits per heavy atom. The van der Waals surface area contributed by atoms with Crippen molar-refractivity contribution in [2.24, 2.45) is 0 Å². The molecule has 0 radical (unpaired) electrons. The van der Waals surface area contributed by atoms with Gasteiger partial charge in [-0.25, -0.2) is 8.78 Å². The van der Waals surface area contributed by atoms with Crippen molar-refractivity contribution in [3.63, 3.8) is 0 Å². The van der Waals surface area contributed by atoms with Crippen LogP contribution in [-0.4, -0.2) is 39.6 Å². The van der Waals surface area contributed by atoms with Gasteiger partial charge in [0.25, 0.3) is 0 Å². The molecule has 1 aliphatic rings. The molecule has 1 unspecified atom stereocenters. The fourth-order valence-electron chi connectivity index (χ4n) is 1.91. The lowest BCUT2D eigenvalue weighted by Crippen LogP contribution is -2.40. The van der Waals surface area contributed by atoms with E-state index in [2.05, 4.69) is 0 Å². The summed E-state index contributed by atoms with van der Waals surface area (Å²) in [4.78, 5) is 24.5. The van der Waals surface area contributed by atoms with Gasteiger partial charge in [0.1, 0.15) is 11.5 Å². The van der Waals surface area contributed by atoms with Gasteiger partial charge in [0.15, 0.2) is 11.6 Å². The third kappa shape index (κ3) is 3.47. The van der Waals surface area contributed by atoms with Crippen molar-refractivity contribution >= 4 is 22.5 Å². The number of halogens is 2. The fraction of sp³-hybridized carbons (Fsp3) is 0.385. The van der Waals surface area contributed by atoms with Gasteiger partial charge in [0, 0.05) is 30.8 Å². The summed E-state index contributed by atoms with van der Waals surface area (Å²) in [6.07, 6.45) is 0.618. The van der Waals surface area contributed by atoms with Gasteiger partial charge in [0.05, 0.1) is 10.8 Å². The predicted octanol–water partition coefficient (Wildman–Crippen LogP) is 1.26. The highest BCUT2D eigenvalue weighted by Crippen LogP contribution is 2.14. The molecule has 2 rings (SSSR count). The van der Waals surface area contributed by atoms with Crippen LogP contribution in [0.3, 0.4) is 0 Å². The largest absolute Gasteiger partial charge is 0.341 e. The smallest absolute Gasteiger partial charge is 0.235 e. The van der Waals surface area contributed by atoms with Crippen molar-refractivity contribution in [3.05, 3.63) is 29.8 Å². The number of benzene rings is 1. The van der Waals surface area contributed by atoms with E-state index in [1.54, 1.807) is 0 Å². The first-order chi connectivity index (χ1) is 9.47. The molecule has 0 aliphatic carbocycles. The standard InChI is InChI=1S/C13H13F2NO3S/c14-11-2-1-10(7-12(11)15)20(19)8-13(18)16-5-3-9(17)4-6-16/h1-2,7H,3-6,8H2. The number of carbonyl (C=O) groups excluding carboxylic acids is 2. The number of amides is 1. The average Bonchev–Trinajstić information content (AvgIpc) is 2.42. The minimum absolute atomic E-state index is 0.0744. The minimum atomic E-state index is -1.73. The number of Topliss-reactive ketones (excluding diaryl/α,β-unsaturated/α-hetero) is 1. The molecule has 20 heavy (non-hydrogen) atoms. The number of hydrogen-bond acceptors (Lipinski definition) is 3. The third-order valence-electron chi connectivity index (χ3n) is 3.08. The van der Waals surface area contributed by atoms with Crippen LogP contribution in [0.15, 0.2) is 23.1 Å². The lowest BCUT2D eigenvalue weighted by Gasteiger charge is -2.25. The van der Waals surface area contributed by atoms with E-state index in [-0.39, 0.29) is 22.3 Å². The molecule has 108 valence electrons. The molecule has 0 saturated carbocycles. The van der Waals surface area contributed by atoms with Gasteiger partial charge in [-0.15, -0.1) is 0 Å². The molecule has 1 saturated heterocycles. The number of carbonyl (C=O) groups is 2. The van der Waals surface area contributed by atoms with Gasteiger partial charge in [-0.05, 0) is 18.2 Å². The molecular formula is C13H13F2NO3S. The summed E-state index contributed by atoms with van der Waals surface area (Å²) in [5.74, 6) is -2.64. The summed E-state index contributed by atoms with van der Waals surface area (Å²) in [5, 5.41) is 0. The molecule has 1 fully saturated rings. The highest BCUT2D eigenvalue weighted by Gasteiger charge is 2.22. The monoisotopic (exact) mass is 301 g/mol. The summed E-state index contributed by atoms with van der Waals surface area (Å²) in [6.45, 7) is 0.652. The van der Waals surface area contributed by atoms with E-state index in [0.717, 1.165) is 12.1 Å². The Bertz CT molecular complexity index is 567. The molecule has 0 aromatic heterocycles. The van der Waals surface area contributed by atoms with E-state index in [1.165, 1.54) is 11.0 Å². The Balaban J connectivity index is 1.98. The highest BCUT2D eigenvalue weighted by atomic mass is 32.2. The minimum Gasteiger partial charge on any atom is -0.341 e. The van der Waals surface area contributed by atoms with E-state index in [9.17, 15) is 22.6 Å². The topological polar surface area (TPSA) is 54.5 Å². The zero-order valence-electron chi connectivity index (χ0n) is 10.6. The molecule has 1 amide bonds. The second-order valence-electron chi connectivity index (χ2n) is 4.49. The van der Waals surface area contributed by atoms with Crippen molar-refractivity contribution < 1.29 is 22.6 Å². The third-order valence-corrected chi connectivity index (χ3v) is 4.37. The fourth-order valence-corrected chi connectivity index (χ4v) is 2.94. The molecule has 1 aromatic carbocycles. The van der Waals surface area contributed by atoms with E-state index >= 15 is 0 Å². The van der Waals surface area contributed by atoms with E-state index in [0.29, 0.717) is 25.9 Å². The quantitative estimate of drug-likeness (QED) is 0.844. The van der Waals surface area contributed by atoms with Gasteiger partial charge in [-0.3, -0.25) is 13.8 Å². The summed E-state index contributed by atoms with van der Waals surface area (Å²) < 4.78 is 37.7. The number of likely N-dealkylation sites (tertiary alicyclic amines) is 1. The molecule has 0 N–H and O–H groups in total. The van der Waals surface area contributed by atoms with Crippen LogP contribution in [0.25, 0.3) is 0 Å². The lowest BCUT2D eigenvalue weighted by molar-refractivity contribution is -0.132. The van der Waals surface area contributed by atoms with Crippen molar-refractivity contribution in [2.45, 2.75) is 17.7 Å². The first kappa shape index (κ1) is 14.8. The highest BCUT2D eigenvalue weighted by molar-refractivity contribution is 7.85. The molecule has 7 heteroatoms. The maximum Gasteiger partial charge on any atom is 0.235 e. The maximum absolute atomic E-state index is 13.0. The summed E-state index contributed by atoms with van der Waals surface area (Å²) >= 11 is 0. The molecule has 0 spiro atoms. The van der Waals surface area contributed by atoms with Crippen molar-refractivity contribution in [1.29, 1.82) is 0 Å². The van der Waals surface area contributed by atoms with E-state index in [1.807, 2.05) is 0 Å². The van der Waals surface area contributed by atoms with E-state index < -0.39 is 22.4 Å². The second kappa shape index (κ2) is 6.21. The van der Waals surface area contributed by atoms with Gasteiger partial charge in [-0.1, -0.05) is 0 Å². The van der Waals surface area contributed by atoms with Crippen molar-refractivity contribution in [2.75, 3.05) is 18.8 Å². The van der Waals surface area contributed by atoms with Crippen LogP contribution in [0, 0.1) is 11.6 Å². The van der Waals surface area contributed by atoms with Crippen LogP contribution in [0.4, 0.5) is 8.78 Å². The SMILES string of the molecule is O=C1CCN(C(=O)CS(=O)c2ccc(F)c(F)c2)CC1. The van der Waals surface area contributed by atoms with Gasteiger partial charge >= 0.3 is 0 Å². The zero-order valence-corrected chi connectivity index (χ0v) is 11.4. The van der Waals surface area contributed by atoms with Crippen molar-refractivity contribution in [1.82, 2.24) is 4.90 Å². The molecule has 1 atom stereocenters. The maximum atomic E-state index is 13.0. The summed E-state index contributed by atoms with van der Waals surface area (Å²) in [6, 6.07) is 2.91. The van der Waals surface area contributed by atoms with Crippen LogP contribution in [0.1, 0.15) is 12.8 Å². The molecular weight excluding hydrogens is 288 g/mol. The lowest BCUT2D eigenvalue weighted by atomic mass is 10.1. The Morgan fingerprint density at radius 3 is 2.45 bits per heavy atom. The van der Waals surface area contributed by atoms with Gasteiger partial charge in [-0.2, -0.15) is 0 Å². The first-order valence-corrected chi connectivity index (χ1v) is 7.42. The number of ketones is 1. The van der Waals surface area contributed by atoms with Gasteiger partial charge in [0.2, 0.25) is 5.91 Å². The Morgan fingerprint density at radius 2 is 1.85 bits per heavy atom. The van der Waals surface area contributed by atoms with Crippen molar-refractivity contribution in [3.8, 4) is 0 Å². The molecule has 1 aromatic rings.